The molecule has 0 aliphatic carbocycles. The SMILES string of the molecule is FC(F)(F)c1cc(-c2ccnc(Cl)n2)ccc1Cl. The van der Waals surface area contributed by atoms with Crippen molar-refractivity contribution in [1.82, 2.24) is 9.97 Å². The van der Waals surface area contributed by atoms with Gasteiger partial charge in [-0.3, -0.25) is 0 Å². The van der Waals surface area contributed by atoms with Gasteiger partial charge in [-0.2, -0.15) is 13.2 Å². The minimum Gasteiger partial charge on any atom is -0.226 e. The van der Waals surface area contributed by atoms with Crippen molar-refractivity contribution >= 4 is 23.2 Å². The summed E-state index contributed by atoms with van der Waals surface area (Å²) in [4.78, 5) is 7.50. The maximum Gasteiger partial charge on any atom is 0.417 e. The van der Waals surface area contributed by atoms with Crippen LogP contribution in [0, 0.1) is 0 Å². The van der Waals surface area contributed by atoms with Gasteiger partial charge in [0.05, 0.1) is 16.3 Å². The van der Waals surface area contributed by atoms with E-state index in [9.17, 15) is 13.2 Å². The summed E-state index contributed by atoms with van der Waals surface area (Å²) in [6, 6.07) is 5.02. The average Bonchev–Trinajstić information content (AvgIpc) is 2.28. The summed E-state index contributed by atoms with van der Waals surface area (Å²) in [6.45, 7) is 0. The molecule has 18 heavy (non-hydrogen) atoms. The largest absolute Gasteiger partial charge is 0.417 e. The maximum absolute atomic E-state index is 12.7. The third kappa shape index (κ3) is 2.73. The molecule has 0 saturated heterocycles. The Morgan fingerprint density at radius 1 is 1.06 bits per heavy atom. The van der Waals surface area contributed by atoms with Crippen molar-refractivity contribution < 1.29 is 13.2 Å². The van der Waals surface area contributed by atoms with Gasteiger partial charge in [-0.25, -0.2) is 9.97 Å². The highest BCUT2D eigenvalue weighted by atomic mass is 35.5. The fourth-order valence-corrected chi connectivity index (χ4v) is 1.77. The Bertz CT molecular complexity index is 585. The van der Waals surface area contributed by atoms with Crippen LogP contribution in [-0.2, 0) is 6.18 Å². The van der Waals surface area contributed by atoms with Gasteiger partial charge in [-0.05, 0) is 29.8 Å². The van der Waals surface area contributed by atoms with Crippen LogP contribution in [0.25, 0.3) is 11.3 Å². The Labute approximate surface area is 110 Å². The van der Waals surface area contributed by atoms with Crippen LogP contribution in [0.2, 0.25) is 10.3 Å². The molecule has 1 aromatic heterocycles. The molecule has 0 fully saturated rings. The summed E-state index contributed by atoms with van der Waals surface area (Å²) in [6.07, 6.45) is -3.14. The van der Waals surface area contributed by atoms with Crippen LogP contribution in [0.5, 0.6) is 0 Å². The first-order chi connectivity index (χ1) is 8.38. The maximum atomic E-state index is 12.7. The number of alkyl halides is 3. The molecule has 94 valence electrons. The molecule has 0 amide bonds. The van der Waals surface area contributed by atoms with Gasteiger partial charge in [-0.1, -0.05) is 17.7 Å². The Kier molecular flexibility index (Phi) is 3.45. The molecule has 2 nitrogen and oxygen atoms in total. The van der Waals surface area contributed by atoms with E-state index in [-0.39, 0.29) is 15.9 Å². The molecule has 0 spiro atoms. The van der Waals surface area contributed by atoms with Crippen LogP contribution < -0.4 is 0 Å². The predicted octanol–water partition coefficient (Wildman–Crippen LogP) is 4.47. The van der Waals surface area contributed by atoms with Crippen molar-refractivity contribution in [3.63, 3.8) is 0 Å². The molecule has 2 aromatic rings. The smallest absolute Gasteiger partial charge is 0.226 e. The lowest BCUT2D eigenvalue weighted by molar-refractivity contribution is -0.137. The molecule has 0 bridgehead atoms. The van der Waals surface area contributed by atoms with Crippen molar-refractivity contribution in [1.29, 1.82) is 0 Å². The average molecular weight is 293 g/mol. The van der Waals surface area contributed by atoms with Crippen LogP contribution >= 0.6 is 23.2 Å². The van der Waals surface area contributed by atoms with Crippen molar-refractivity contribution in [3.05, 3.63) is 46.3 Å². The zero-order chi connectivity index (χ0) is 13.3. The molecule has 0 radical (unpaired) electrons. The number of benzene rings is 1. The summed E-state index contributed by atoms with van der Waals surface area (Å²) in [5, 5.41) is -0.387. The molecule has 0 atom stereocenters. The molecule has 7 heteroatoms. The molecule has 1 aromatic carbocycles. The first-order valence-electron chi connectivity index (χ1n) is 4.73. The van der Waals surface area contributed by atoms with Crippen LogP contribution in [-0.4, -0.2) is 9.97 Å². The molecule has 1 heterocycles. The van der Waals surface area contributed by atoms with E-state index in [1.807, 2.05) is 0 Å². The number of hydrogen-bond donors (Lipinski definition) is 0. The molecule has 0 unspecified atom stereocenters. The highest BCUT2D eigenvalue weighted by molar-refractivity contribution is 6.31. The van der Waals surface area contributed by atoms with Gasteiger partial charge in [-0.15, -0.1) is 0 Å². The second kappa shape index (κ2) is 4.74. The van der Waals surface area contributed by atoms with E-state index in [1.54, 1.807) is 0 Å². The predicted molar refractivity (Wildman–Crippen MR) is 62.5 cm³/mol. The number of aromatic nitrogens is 2. The fraction of sp³-hybridized carbons (Fsp3) is 0.0909. The standard InChI is InChI=1S/C11H5Cl2F3N2/c12-8-2-1-6(5-7(8)11(14,15)16)9-3-4-17-10(13)18-9/h1-5H. The third-order valence-corrected chi connectivity index (χ3v) is 2.71. The van der Waals surface area contributed by atoms with Gasteiger partial charge < -0.3 is 0 Å². The van der Waals surface area contributed by atoms with Gasteiger partial charge in [0.2, 0.25) is 5.28 Å². The fourth-order valence-electron chi connectivity index (χ4n) is 1.40. The minimum atomic E-state index is -4.51. The van der Waals surface area contributed by atoms with Gasteiger partial charge in [0.15, 0.2) is 0 Å². The number of halogens is 5. The van der Waals surface area contributed by atoms with Crippen molar-refractivity contribution in [2.45, 2.75) is 6.18 Å². The monoisotopic (exact) mass is 292 g/mol. The Hall–Kier alpha value is -1.33. The lowest BCUT2D eigenvalue weighted by Gasteiger charge is -2.10. The second-order valence-electron chi connectivity index (χ2n) is 3.40. The zero-order valence-corrected chi connectivity index (χ0v) is 10.2. The van der Waals surface area contributed by atoms with Gasteiger partial charge in [0.1, 0.15) is 0 Å². The first-order valence-corrected chi connectivity index (χ1v) is 5.49. The molecule has 0 saturated carbocycles. The van der Waals surface area contributed by atoms with Crippen LogP contribution in [0.3, 0.4) is 0 Å². The number of nitrogens with zero attached hydrogens (tertiary/aromatic N) is 2. The minimum absolute atomic E-state index is 0.0315. The zero-order valence-electron chi connectivity index (χ0n) is 8.67. The molecule has 2 rings (SSSR count). The van der Waals surface area contributed by atoms with Crippen LogP contribution in [0.4, 0.5) is 13.2 Å². The van der Waals surface area contributed by atoms with Gasteiger partial charge >= 0.3 is 6.18 Å². The number of rotatable bonds is 1. The Balaban J connectivity index is 2.54. The van der Waals surface area contributed by atoms with Crippen LogP contribution in [0.15, 0.2) is 30.5 Å². The summed E-state index contributed by atoms with van der Waals surface area (Å²) in [5.74, 6) is 0. The lowest BCUT2D eigenvalue weighted by atomic mass is 10.1. The molecular weight excluding hydrogens is 288 g/mol. The lowest BCUT2D eigenvalue weighted by Crippen LogP contribution is -2.06. The van der Waals surface area contributed by atoms with Gasteiger partial charge in [0.25, 0.3) is 0 Å². The van der Waals surface area contributed by atoms with Gasteiger partial charge in [0, 0.05) is 11.8 Å². The van der Waals surface area contributed by atoms with E-state index in [0.29, 0.717) is 5.69 Å². The van der Waals surface area contributed by atoms with Crippen molar-refractivity contribution in [2.24, 2.45) is 0 Å². The summed E-state index contributed by atoms with van der Waals surface area (Å²) >= 11 is 11.1. The summed E-state index contributed by atoms with van der Waals surface area (Å²) < 4.78 is 38.0. The second-order valence-corrected chi connectivity index (χ2v) is 4.15. The topological polar surface area (TPSA) is 25.8 Å². The van der Waals surface area contributed by atoms with E-state index in [1.165, 1.54) is 24.4 Å². The molecular formula is C11H5Cl2F3N2. The highest BCUT2D eigenvalue weighted by Crippen LogP contribution is 2.36. The summed E-state index contributed by atoms with van der Waals surface area (Å²) in [5.41, 5.74) is -0.329. The summed E-state index contributed by atoms with van der Waals surface area (Å²) in [7, 11) is 0. The Morgan fingerprint density at radius 2 is 1.78 bits per heavy atom. The highest BCUT2D eigenvalue weighted by Gasteiger charge is 2.33. The van der Waals surface area contributed by atoms with Crippen molar-refractivity contribution in [2.75, 3.05) is 0 Å². The van der Waals surface area contributed by atoms with E-state index in [4.69, 9.17) is 23.2 Å². The quantitative estimate of drug-likeness (QED) is 0.725. The first kappa shape index (κ1) is 13.1. The van der Waals surface area contributed by atoms with Crippen LogP contribution in [0.1, 0.15) is 5.56 Å². The molecule has 0 aliphatic heterocycles. The van der Waals surface area contributed by atoms with E-state index in [0.717, 1.165) is 6.07 Å². The molecule has 0 aliphatic rings. The van der Waals surface area contributed by atoms with E-state index >= 15 is 0 Å². The van der Waals surface area contributed by atoms with Crippen molar-refractivity contribution in [3.8, 4) is 11.3 Å². The van der Waals surface area contributed by atoms with E-state index in [2.05, 4.69) is 9.97 Å². The number of hydrogen-bond acceptors (Lipinski definition) is 2. The normalized spacial score (nSPS) is 11.6. The third-order valence-electron chi connectivity index (χ3n) is 2.19. The molecule has 0 N–H and O–H groups in total. The van der Waals surface area contributed by atoms with E-state index < -0.39 is 11.7 Å². The Morgan fingerprint density at radius 3 is 2.39 bits per heavy atom.